The lowest BCUT2D eigenvalue weighted by molar-refractivity contribution is -0.120. The number of carbonyl (C=O) groups excluding carboxylic acids is 1. The Labute approximate surface area is 99.9 Å². The lowest BCUT2D eigenvalue weighted by atomic mass is 9.90. The van der Waals surface area contributed by atoms with Gasteiger partial charge in [0.15, 0.2) is 0 Å². The molecule has 0 aliphatic heterocycles. The smallest absolute Gasteiger partial charge is 0.254 e. The van der Waals surface area contributed by atoms with Crippen LogP contribution in [0.2, 0.25) is 0 Å². The van der Waals surface area contributed by atoms with Gasteiger partial charge in [0.2, 0.25) is 0 Å². The molecule has 0 fully saturated rings. The summed E-state index contributed by atoms with van der Waals surface area (Å²) in [5.74, 6) is -0.358. The zero-order valence-corrected chi connectivity index (χ0v) is 9.44. The Balaban J connectivity index is 2.16. The zero-order valence-electron chi connectivity index (χ0n) is 9.44. The van der Waals surface area contributed by atoms with E-state index in [1.165, 1.54) is 5.56 Å². The van der Waals surface area contributed by atoms with Crippen molar-refractivity contribution in [1.29, 1.82) is 5.26 Å². The number of aryl methyl sites for hydroxylation is 1. The van der Waals surface area contributed by atoms with Crippen molar-refractivity contribution in [3.8, 4) is 6.07 Å². The first-order valence-corrected chi connectivity index (χ1v) is 5.62. The SMILES string of the molecule is N#CCC(=O)N/N=C1/CCCc2ccccc21. The van der Waals surface area contributed by atoms with Crippen molar-refractivity contribution in [3.63, 3.8) is 0 Å². The quantitative estimate of drug-likeness (QED) is 0.782. The predicted molar refractivity (Wildman–Crippen MR) is 64.3 cm³/mol. The number of fused-ring (bicyclic) bond motifs is 1. The van der Waals surface area contributed by atoms with Gasteiger partial charge in [-0.05, 0) is 24.8 Å². The first-order valence-electron chi connectivity index (χ1n) is 5.62. The molecule has 0 bridgehead atoms. The summed E-state index contributed by atoms with van der Waals surface area (Å²) < 4.78 is 0. The molecule has 1 aromatic rings. The van der Waals surface area contributed by atoms with Crippen LogP contribution in [0.25, 0.3) is 0 Å². The van der Waals surface area contributed by atoms with E-state index in [1.807, 2.05) is 18.2 Å². The maximum atomic E-state index is 11.2. The molecule has 0 radical (unpaired) electrons. The van der Waals surface area contributed by atoms with E-state index in [0.717, 1.165) is 30.5 Å². The standard InChI is InChI=1S/C13H13N3O/c14-9-8-13(17)16-15-12-7-3-5-10-4-1-2-6-11(10)12/h1-2,4,6H,3,5,7-8H2,(H,16,17)/b15-12-. The highest BCUT2D eigenvalue weighted by molar-refractivity contribution is 6.03. The summed E-state index contributed by atoms with van der Waals surface area (Å²) in [6.45, 7) is 0. The number of carbonyl (C=O) groups is 1. The Kier molecular flexibility index (Phi) is 3.51. The van der Waals surface area contributed by atoms with Crippen LogP contribution in [0.4, 0.5) is 0 Å². The van der Waals surface area contributed by atoms with Crippen LogP contribution in [-0.2, 0) is 11.2 Å². The molecular weight excluding hydrogens is 214 g/mol. The number of hydrogen-bond donors (Lipinski definition) is 1. The summed E-state index contributed by atoms with van der Waals surface area (Å²) in [7, 11) is 0. The monoisotopic (exact) mass is 227 g/mol. The average Bonchev–Trinajstić information content (AvgIpc) is 2.36. The van der Waals surface area contributed by atoms with Gasteiger partial charge in [-0.2, -0.15) is 10.4 Å². The molecule has 0 saturated carbocycles. The van der Waals surface area contributed by atoms with E-state index in [0.29, 0.717) is 0 Å². The molecule has 0 atom stereocenters. The Hall–Kier alpha value is -2.15. The minimum Gasteiger partial charge on any atom is -0.272 e. The van der Waals surface area contributed by atoms with Crippen LogP contribution in [0.5, 0.6) is 0 Å². The summed E-state index contributed by atoms with van der Waals surface area (Å²) in [6.07, 6.45) is 2.81. The molecule has 2 rings (SSSR count). The fourth-order valence-electron chi connectivity index (χ4n) is 1.96. The molecule has 4 nitrogen and oxygen atoms in total. The Morgan fingerprint density at radius 1 is 1.41 bits per heavy atom. The topological polar surface area (TPSA) is 65.2 Å². The molecule has 1 aliphatic carbocycles. The van der Waals surface area contributed by atoms with Crippen molar-refractivity contribution < 1.29 is 4.79 Å². The van der Waals surface area contributed by atoms with Gasteiger partial charge in [0.1, 0.15) is 6.42 Å². The van der Waals surface area contributed by atoms with Crippen LogP contribution in [-0.4, -0.2) is 11.6 Å². The van der Waals surface area contributed by atoms with Gasteiger partial charge in [-0.3, -0.25) is 4.79 Å². The lowest BCUT2D eigenvalue weighted by Crippen LogP contribution is -2.21. The van der Waals surface area contributed by atoms with Gasteiger partial charge >= 0.3 is 0 Å². The average molecular weight is 227 g/mol. The number of hydrogen-bond acceptors (Lipinski definition) is 3. The van der Waals surface area contributed by atoms with Crippen LogP contribution in [0, 0.1) is 11.3 Å². The molecule has 1 N–H and O–H groups in total. The predicted octanol–water partition coefficient (Wildman–Crippen LogP) is 1.76. The van der Waals surface area contributed by atoms with Crippen molar-refractivity contribution in [2.75, 3.05) is 0 Å². The van der Waals surface area contributed by atoms with Gasteiger partial charge in [0.25, 0.3) is 5.91 Å². The fourth-order valence-corrected chi connectivity index (χ4v) is 1.96. The van der Waals surface area contributed by atoms with Crippen LogP contribution < -0.4 is 5.43 Å². The maximum Gasteiger partial charge on any atom is 0.254 e. The first-order chi connectivity index (χ1) is 8.31. The number of amides is 1. The maximum absolute atomic E-state index is 11.2. The molecule has 1 aliphatic rings. The third-order valence-electron chi connectivity index (χ3n) is 2.74. The van der Waals surface area contributed by atoms with E-state index in [4.69, 9.17) is 5.26 Å². The molecule has 1 aromatic carbocycles. The second-order valence-corrected chi connectivity index (χ2v) is 3.94. The first kappa shape index (κ1) is 11.3. The summed E-state index contributed by atoms with van der Waals surface area (Å²) in [5.41, 5.74) is 5.70. The van der Waals surface area contributed by atoms with E-state index in [1.54, 1.807) is 6.07 Å². The molecule has 0 aromatic heterocycles. The summed E-state index contributed by atoms with van der Waals surface area (Å²) >= 11 is 0. The Morgan fingerprint density at radius 2 is 2.24 bits per heavy atom. The van der Waals surface area contributed by atoms with Gasteiger partial charge in [-0.1, -0.05) is 24.3 Å². The van der Waals surface area contributed by atoms with E-state index >= 15 is 0 Å². The second kappa shape index (κ2) is 5.26. The molecule has 17 heavy (non-hydrogen) atoms. The fraction of sp³-hybridized carbons (Fsp3) is 0.308. The molecular formula is C13H13N3O. The Morgan fingerprint density at radius 3 is 3.06 bits per heavy atom. The van der Waals surface area contributed by atoms with E-state index in [2.05, 4.69) is 16.6 Å². The molecule has 0 saturated heterocycles. The number of nitrogens with one attached hydrogen (secondary N) is 1. The molecule has 1 amide bonds. The third kappa shape index (κ3) is 2.70. The van der Waals surface area contributed by atoms with E-state index in [9.17, 15) is 4.79 Å². The van der Waals surface area contributed by atoms with Crippen molar-refractivity contribution >= 4 is 11.6 Å². The number of rotatable bonds is 2. The number of nitrogens with zero attached hydrogens (tertiary/aromatic N) is 2. The van der Waals surface area contributed by atoms with Gasteiger partial charge in [-0.15, -0.1) is 0 Å². The molecule has 0 unspecified atom stereocenters. The minimum absolute atomic E-state index is 0.154. The van der Waals surface area contributed by atoms with E-state index < -0.39 is 0 Å². The zero-order chi connectivity index (χ0) is 12.1. The second-order valence-electron chi connectivity index (χ2n) is 3.94. The van der Waals surface area contributed by atoms with Crippen molar-refractivity contribution in [3.05, 3.63) is 35.4 Å². The number of hydrazone groups is 1. The van der Waals surface area contributed by atoms with Crippen molar-refractivity contribution in [2.45, 2.75) is 25.7 Å². The Bertz CT molecular complexity index is 500. The summed E-state index contributed by atoms with van der Waals surface area (Å²) in [4.78, 5) is 11.2. The highest BCUT2D eigenvalue weighted by Gasteiger charge is 2.14. The molecule has 86 valence electrons. The largest absolute Gasteiger partial charge is 0.272 e. The van der Waals surface area contributed by atoms with Crippen molar-refractivity contribution in [1.82, 2.24) is 5.43 Å². The highest BCUT2D eigenvalue weighted by atomic mass is 16.2. The summed E-state index contributed by atoms with van der Waals surface area (Å²) in [5, 5.41) is 12.5. The van der Waals surface area contributed by atoms with Crippen LogP contribution >= 0.6 is 0 Å². The number of nitriles is 1. The third-order valence-corrected chi connectivity index (χ3v) is 2.74. The van der Waals surface area contributed by atoms with Gasteiger partial charge in [0.05, 0.1) is 11.8 Å². The van der Waals surface area contributed by atoms with Gasteiger partial charge in [0, 0.05) is 5.56 Å². The van der Waals surface area contributed by atoms with Gasteiger partial charge < -0.3 is 0 Å². The normalized spacial score (nSPS) is 16.1. The molecule has 0 heterocycles. The van der Waals surface area contributed by atoms with Gasteiger partial charge in [-0.25, -0.2) is 5.43 Å². The van der Waals surface area contributed by atoms with Crippen molar-refractivity contribution in [2.24, 2.45) is 5.10 Å². The minimum atomic E-state index is -0.358. The lowest BCUT2D eigenvalue weighted by Gasteiger charge is -2.17. The van der Waals surface area contributed by atoms with Crippen LogP contribution in [0.15, 0.2) is 29.4 Å². The summed E-state index contributed by atoms with van der Waals surface area (Å²) in [6, 6.07) is 9.87. The van der Waals surface area contributed by atoms with Crippen LogP contribution in [0.1, 0.15) is 30.4 Å². The highest BCUT2D eigenvalue weighted by Crippen LogP contribution is 2.20. The number of benzene rings is 1. The molecule has 4 heteroatoms. The van der Waals surface area contributed by atoms with E-state index in [-0.39, 0.29) is 12.3 Å². The molecule has 0 spiro atoms. The van der Waals surface area contributed by atoms with Crippen LogP contribution in [0.3, 0.4) is 0 Å².